The minimum atomic E-state index is 0.0600. The average molecular weight is 312 g/mol. The first-order valence-electron chi connectivity index (χ1n) is 8.14. The molecule has 0 aromatic carbocycles. The summed E-state index contributed by atoms with van der Waals surface area (Å²) in [7, 11) is 0. The van der Waals surface area contributed by atoms with E-state index in [9.17, 15) is 4.79 Å². The molecule has 0 aliphatic carbocycles. The van der Waals surface area contributed by atoms with Crippen LogP contribution in [0.4, 0.5) is 5.69 Å². The summed E-state index contributed by atoms with van der Waals surface area (Å²) in [5, 5.41) is 10.7. The molecule has 7 nitrogen and oxygen atoms in total. The minimum absolute atomic E-state index is 0.0600. The first kappa shape index (κ1) is 14.3. The van der Waals surface area contributed by atoms with Gasteiger partial charge in [0.1, 0.15) is 0 Å². The first-order valence-corrected chi connectivity index (χ1v) is 8.14. The van der Waals surface area contributed by atoms with Gasteiger partial charge in [-0.05, 0) is 37.7 Å². The van der Waals surface area contributed by atoms with E-state index in [1.54, 1.807) is 35.5 Å². The Kier molecular flexibility index (Phi) is 3.78. The molecule has 0 saturated carbocycles. The lowest BCUT2D eigenvalue weighted by molar-refractivity contribution is -0.117. The highest BCUT2D eigenvalue weighted by atomic mass is 16.1. The van der Waals surface area contributed by atoms with E-state index >= 15 is 0 Å². The summed E-state index contributed by atoms with van der Waals surface area (Å²) >= 11 is 0. The van der Waals surface area contributed by atoms with E-state index in [2.05, 4.69) is 25.7 Å². The van der Waals surface area contributed by atoms with Crippen molar-refractivity contribution in [2.24, 2.45) is 5.92 Å². The second-order valence-corrected chi connectivity index (χ2v) is 6.45. The number of fused-ring (bicyclic) bond motifs is 2. The molecule has 4 heterocycles. The van der Waals surface area contributed by atoms with Crippen LogP contribution in [0.5, 0.6) is 0 Å². The zero-order valence-corrected chi connectivity index (χ0v) is 12.9. The summed E-state index contributed by atoms with van der Waals surface area (Å²) in [6, 6.07) is 2.98. The highest BCUT2D eigenvalue weighted by Crippen LogP contribution is 2.32. The van der Waals surface area contributed by atoms with Gasteiger partial charge < -0.3 is 10.6 Å². The van der Waals surface area contributed by atoms with Crippen molar-refractivity contribution in [3.05, 3.63) is 30.9 Å². The van der Waals surface area contributed by atoms with Crippen LogP contribution in [-0.4, -0.2) is 37.7 Å². The molecule has 2 aromatic heterocycles. The summed E-state index contributed by atoms with van der Waals surface area (Å²) in [5.74, 6) is 1.04. The van der Waals surface area contributed by atoms with Crippen LogP contribution in [0.25, 0.3) is 5.95 Å². The lowest BCUT2D eigenvalue weighted by atomic mass is 9.89. The van der Waals surface area contributed by atoms with E-state index in [1.807, 2.05) is 0 Å². The van der Waals surface area contributed by atoms with Crippen molar-refractivity contribution >= 4 is 11.6 Å². The van der Waals surface area contributed by atoms with Gasteiger partial charge in [-0.25, -0.2) is 14.6 Å². The lowest BCUT2D eigenvalue weighted by Crippen LogP contribution is -2.39. The normalized spacial score (nSPS) is 26.2. The number of aromatic nitrogens is 4. The third-order valence-electron chi connectivity index (χ3n) is 4.67. The molecule has 2 atom stereocenters. The van der Waals surface area contributed by atoms with Crippen LogP contribution in [0.15, 0.2) is 30.9 Å². The van der Waals surface area contributed by atoms with Gasteiger partial charge in [0, 0.05) is 30.9 Å². The van der Waals surface area contributed by atoms with E-state index in [0.29, 0.717) is 36.1 Å². The van der Waals surface area contributed by atoms with Crippen LogP contribution in [0.1, 0.15) is 32.1 Å². The molecule has 2 saturated heterocycles. The molecule has 4 rings (SSSR count). The van der Waals surface area contributed by atoms with Gasteiger partial charge >= 0.3 is 0 Å². The number of rotatable bonds is 4. The molecule has 23 heavy (non-hydrogen) atoms. The average Bonchev–Trinajstić information content (AvgIpc) is 3.15. The fourth-order valence-corrected chi connectivity index (χ4v) is 3.72. The van der Waals surface area contributed by atoms with Gasteiger partial charge in [-0.1, -0.05) is 0 Å². The number of nitrogens with one attached hydrogen (secondary N) is 2. The molecule has 2 unspecified atom stereocenters. The van der Waals surface area contributed by atoms with Gasteiger partial charge in [0.05, 0.1) is 18.1 Å². The van der Waals surface area contributed by atoms with E-state index in [1.165, 1.54) is 12.8 Å². The van der Waals surface area contributed by atoms with Crippen LogP contribution in [-0.2, 0) is 4.79 Å². The maximum absolute atomic E-state index is 12.3. The first-order chi connectivity index (χ1) is 11.3. The number of amides is 1. The van der Waals surface area contributed by atoms with Gasteiger partial charge in [-0.3, -0.25) is 4.79 Å². The Hall–Kier alpha value is -2.28. The quantitative estimate of drug-likeness (QED) is 0.894. The van der Waals surface area contributed by atoms with Gasteiger partial charge in [0.25, 0.3) is 0 Å². The van der Waals surface area contributed by atoms with Crippen LogP contribution in [0.2, 0.25) is 0 Å². The zero-order valence-electron chi connectivity index (χ0n) is 12.9. The molecule has 1 amide bonds. The lowest BCUT2D eigenvalue weighted by Gasteiger charge is -2.28. The molecular formula is C16H20N6O. The Morgan fingerprint density at radius 3 is 2.74 bits per heavy atom. The SMILES string of the molecule is O=C(CC1CC2CCC(C1)N2)Nc1cnn(-c2ncccn2)c1. The van der Waals surface area contributed by atoms with Gasteiger partial charge in [-0.2, -0.15) is 5.10 Å². The Bertz CT molecular complexity index is 673. The van der Waals surface area contributed by atoms with Crippen LogP contribution in [0.3, 0.4) is 0 Å². The standard InChI is InChI=1S/C16H20N6O/c23-15(8-11-6-12-2-3-13(7-11)20-12)21-14-9-19-22(10-14)16-17-4-1-5-18-16/h1,4-5,9-13,20H,2-3,6-8H2,(H,21,23). The molecule has 2 fully saturated rings. The summed E-state index contributed by atoms with van der Waals surface area (Å²) < 4.78 is 1.56. The van der Waals surface area contributed by atoms with Crippen LogP contribution < -0.4 is 10.6 Å². The largest absolute Gasteiger partial charge is 0.323 e. The van der Waals surface area contributed by atoms with Crippen LogP contribution in [0, 0.1) is 5.92 Å². The number of nitrogens with zero attached hydrogens (tertiary/aromatic N) is 4. The molecule has 0 spiro atoms. The van der Waals surface area contributed by atoms with E-state index in [-0.39, 0.29) is 5.91 Å². The zero-order chi connectivity index (χ0) is 15.6. The molecule has 2 aliphatic heterocycles. The number of hydrogen-bond donors (Lipinski definition) is 2. The summed E-state index contributed by atoms with van der Waals surface area (Å²) in [6.45, 7) is 0. The van der Waals surface area contributed by atoms with Gasteiger partial charge in [0.15, 0.2) is 0 Å². The van der Waals surface area contributed by atoms with Crippen molar-refractivity contribution in [1.82, 2.24) is 25.1 Å². The molecule has 2 aliphatic rings. The molecule has 0 radical (unpaired) electrons. The predicted molar refractivity (Wildman–Crippen MR) is 85.1 cm³/mol. The molecule has 7 heteroatoms. The Morgan fingerprint density at radius 2 is 2.00 bits per heavy atom. The van der Waals surface area contributed by atoms with Crippen molar-refractivity contribution in [2.45, 2.75) is 44.2 Å². The van der Waals surface area contributed by atoms with E-state index < -0.39 is 0 Å². The minimum Gasteiger partial charge on any atom is -0.323 e. The number of hydrogen-bond acceptors (Lipinski definition) is 5. The highest BCUT2D eigenvalue weighted by Gasteiger charge is 2.34. The number of carbonyl (C=O) groups is 1. The van der Waals surface area contributed by atoms with Crippen molar-refractivity contribution in [1.29, 1.82) is 0 Å². The molecule has 120 valence electrons. The molecule has 2 N–H and O–H groups in total. The Labute approximate surface area is 134 Å². The van der Waals surface area contributed by atoms with Gasteiger partial charge in [0.2, 0.25) is 11.9 Å². The van der Waals surface area contributed by atoms with E-state index in [4.69, 9.17) is 0 Å². The predicted octanol–water partition coefficient (Wildman–Crippen LogP) is 1.52. The smallest absolute Gasteiger partial charge is 0.250 e. The topological polar surface area (TPSA) is 84.7 Å². The Morgan fingerprint density at radius 1 is 1.26 bits per heavy atom. The van der Waals surface area contributed by atoms with Crippen molar-refractivity contribution in [3.8, 4) is 5.95 Å². The Balaban J connectivity index is 1.35. The third-order valence-corrected chi connectivity index (χ3v) is 4.67. The summed E-state index contributed by atoms with van der Waals surface area (Å²) in [4.78, 5) is 20.5. The van der Waals surface area contributed by atoms with Crippen molar-refractivity contribution in [2.75, 3.05) is 5.32 Å². The monoisotopic (exact) mass is 312 g/mol. The summed E-state index contributed by atoms with van der Waals surface area (Å²) in [5.41, 5.74) is 0.680. The summed E-state index contributed by atoms with van der Waals surface area (Å²) in [6.07, 6.45) is 12.0. The van der Waals surface area contributed by atoms with Crippen molar-refractivity contribution in [3.63, 3.8) is 0 Å². The number of carbonyl (C=O) groups excluding carboxylic acids is 1. The maximum atomic E-state index is 12.3. The molecular weight excluding hydrogens is 292 g/mol. The highest BCUT2D eigenvalue weighted by molar-refractivity contribution is 5.90. The van der Waals surface area contributed by atoms with E-state index in [0.717, 1.165) is 12.8 Å². The van der Waals surface area contributed by atoms with Crippen molar-refractivity contribution < 1.29 is 4.79 Å². The number of piperidine rings is 1. The third kappa shape index (κ3) is 3.24. The number of anilines is 1. The maximum Gasteiger partial charge on any atom is 0.250 e. The van der Waals surface area contributed by atoms with Gasteiger partial charge in [-0.15, -0.1) is 0 Å². The fourth-order valence-electron chi connectivity index (χ4n) is 3.72. The molecule has 2 aromatic rings. The fraction of sp³-hybridized carbons (Fsp3) is 0.500. The second kappa shape index (κ2) is 6.08. The van der Waals surface area contributed by atoms with Crippen LogP contribution >= 0.6 is 0 Å². The molecule has 2 bridgehead atoms. The second-order valence-electron chi connectivity index (χ2n) is 6.45.